The number of carbonyl (C=O) groups is 3. The van der Waals surface area contributed by atoms with Crippen LogP contribution in [0.4, 0.5) is 5.13 Å². The second kappa shape index (κ2) is 5.98. The number of fused-ring (bicyclic) bond motifs is 2. The van der Waals surface area contributed by atoms with Gasteiger partial charge in [0.2, 0.25) is 17.7 Å². The van der Waals surface area contributed by atoms with E-state index in [1.54, 1.807) is 0 Å². The Balaban J connectivity index is 1.45. The van der Waals surface area contributed by atoms with Crippen molar-refractivity contribution in [2.75, 3.05) is 11.9 Å². The highest BCUT2D eigenvalue weighted by molar-refractivity contribution is 7.22. The van der Waals surface area contributed by atoms with Crippen LogP contribution in [0.1, 0.15) is 25.7 Å². The lowest BCUT2D eigenvalue weighted by Crippen LogP contribution is -2.38. The van der Waals surface area contributed by atoms with Crippen LogP contribution in [-0.2, 0) is 14.4 Å². The Morgan fingerprint density at radius 1 is 1.17 bits per heavy atom. The van der Waals surface area contributed by atoms with E-state index in [4.69, 9.17) is 0 Å². The zero-order valence-electron chi connectivity index (χ0n) is 13.0. The number of nitrogens with zero attached hydrogens (tertiary/aromatic N) is 2. The van der Waals surface area contributed by atoms with Crippen LogP contribution in [0.15, 0.2) is 24.3 Å². The number of amides is 3. The van der Waals surface area contributed by atoms with Crippen LogP contribution in [0.3, 0.4) is 0 Å². The predicted molar refractivity (Wildman–Crippen MR) is 90.4 cm³/mol. The summed E-state index contributed by atoms with van der Waals surface area (Å²) < 4.78 is 0.979. The average molecular weight is 343 g/mol. The van der Waals surface area contributed by atoms with Gasteiger partial charge < -0.3 is 5.32 Å². The molecule has 2 fully saturated rings. The summed E-state index contributed by atoms with van der Waals surface area (Å²) in [6.07, 6.45) is 3.47. The Labute approximate surface area is 142 Å². The maximum Gasteiger partial charge on any atom is 0.246 e. The number of carbonyl (C=O) groups excluding carboxylic acids is 3. The molecule has 0 unspecified atom stereocenters. The van der Waals surface area contributed by atoms with E-state index in [1.807, 2.05) is 24.3 Å². The summed E-state index contributed by atoms with van der Waals surface area (Å²) in [6.45, 7) is -0.222. The number of likely N-dealkylation sites (tertiary alicyclic amines) is 1. The van der Waals surface area contributed by atoms with E-state index >= 15 is 0 Å². The molecule has 1 aliphatic carbocycles. The molecule has 2 aliphatic rings. The van der Waals surface area contributed by atoms with E-state index in [1.165, 1.54) is 11.3 Å². The van der Waals surface area contributed by atoms with Crippen LogP contribution < -0.4 is 5.32 Å². The SMILES string of the molecule is O=C(CN1C(=O)[C@H]2CCCC[C@@H]2C1=O)Nc1nc2ccccc2s1. The summed E-state index contributed by atoms with van der Waals surface area (Å²) >= 11 is 1.37. The van der Waals surface area contributed by atoms with Crippen LogP contribution in [0.25, 0.3) is 10.2 Å². The zero-order valence-corrected chi connectivity index (χ0v) is 13.8. The first kappa shape index (κ1) is 15.3. The van der Waals surface area contributed by atoms with Gasteiger partial charge in [-0.05, 0) is 25.0 Å². The van der Waals surface area contributed by atoms with Gasteiger partial charge in [-0.2, -0.15) is 0 Å². The molecule has 1 aromatic carbocycles. The molecule has 2 aromatic rings. The first-order valence-electron chi connectivity index (χ1n) is 8.14. The number of anilines is 1. The van der Waals surface area contributed by atoms with Gasteiger partial charge >= 0.3 is 0 Å². The molecule has 6 nitrogen and oxygen atoms in total. The fourth-order valence-corrected chi connectivity index (χ4v) is 4.50. The molecule has 1 N–H and O–H groups in total. The van der Waals surface area contributed by atoms with Crippen LogP contribution in [0, 0.1) is 11.8 Å². The third-order valence-electron chi connectivity index (χ3n) is 4.77. The van der Waals surface area contributed by atoms with Gasteiger partial charge in [-0.25, -0.2) is 4.98 Å². The first-order valence-corrected chi connectivity index (χ1v) is 8.96. The van der Waals surface area contributed by atoms with Crippen LogP contribution in [-0.4, -0.2) is 34.2 Å². The average Bonchev–Trinajstić information content (AvgIpc) is 3.09. The minimum absolute atomic E-state index is 0.191. The first-order chi connectivity index (χ1) is 11.6. The zero-order chi connectivity index (χ0) is 16.7. The molecule has 1 aliphatic heterocycles. The van der Waals surface area contributed by atoms with Gasteiger partial charge in [0, 0.05) is 0 Å². The van der Waals surface area contributed by atoms with Gasteiger partial charge in [0.25, 0.3) is 0 Å². The molecule has 1 saturated carbocycles. The summed E-state index contributed by atoms with van der Waals surface area (Å²) in [5.74, 6) is -1.20. The minimum atomic E-state index is -0.380. The van der Waals surface area contributed by atoms with E-state index in [0.29, 0.717) is 5.13 Å². The van der Waals surface area contributed by atoms with Gasteiger partial charge in [0.05, 0.1) is 22.1 Å². The van der Waals surface area contributed by atoms with Crippen LogP contribution in [0.5, 0.6) is 0 Å². The predicted octanol–water partition coefficient (Wildman–Crippen LogP) is 2.41. The second-order valence-corrected chi connectivity index (χ2v) is 7.33. The number of aromatic nitrogens is 1. The smallest absolute Gasteiger partial charge is 0.246 e. The maximum absolute atomic E-state index is 12.4. The fraction of sp³-hybridized carbons (Fsp3) is 0.412. The van der Waals surface area contributed by atoms with Crippen molar-refractivity contribution in [2.45, 2.75) is 25.7 Å². The topological polar surface area (TPSA) is 79.4 Å². The molecular weight excluding hydrogens is 326 g/mol. The highest BCUT2D eigenvalue weighted by atomic mass is 32.1. The fourth-order valence-electron chi connectivity index (χ4n) is 3.61. The summed E-state index contributed by atoms with van der Waals surface area (Å²) in [5.41, 5.74) is 0.817. The molecule has 0 bridgehead atoms. The van der Waals surface area contributed by atoms with Crippen molar-refractivity contribution < 1.29 is 14.4 Å². The number of hydrogen-bond acceptors (Lipinski definition) is 5. The number of benzene rings is 1. The third-order valence-corrected chi connectivity index (χ3v) is 5.73. The lowest BCUT2D eigenvalue weighted by atomic mass is 9.81. The Kier molecular flexibility index (Phi) is 3.80. The molecule has 124 valence electrons. The molecular formula is C17H17N3O3S. The molecule has 2 heterocycles. The Hall–Kier alpha value is -2.28. The standard InChI is InChI=1S/C17H17N3O3S/c21-14(19-17-18-12-7-3-4-8-13(12)24-17)9-20-15(22)10-5-1-2-6-11(10)16(20)23/h3-4,7-8,10-11H,1-2,5-6,9H2,(H,18,19,21)/t10-,11-/m0/s1. The van der Waals surface area contributed by atoms with Gasteiger partial charge in [0.15, 0.2) is 5.13 Å². The second-order valence-electron chi connectivity index (χ2n) is 6.29. The van der Waals surface area contributed by atoms with Gasteiger partial charge in [-0.1, -0.05) is 36.3 Å². The third kappa shape index (κ3) is 2.58. The lowest BCUT2D eigenvalue weighted by molar-refractivity contribution is -0.142. The van der Waals surface area contributed by atoms with Crippen molar-refractivity contribution in [3.8, 4) is 0 Å². The molecule has 0 radical (unpaired) electrons. The van der Waals surface area contributed by atoms with Crippen molar-refractivity contribution in [1.29, 1.82) is 0 Å². The van der Waals surface area contributed by atoms with Gasteiger partial charge in [-0.15, -0.1) is 0 Å². The molecule has 4 rings (SSSR count). The Bertz CT molecular complexity index is 774. The number of thiazole rings is 1. The summed E-state index contributed by atoms with van der Waals surface area (Å²) in [7, 11) is 0. The van der Waals surface area contributed by atoms with Crippen LogP contribution in [0.2, 0.25) is 0 Å². The minimum Gasteiger partial charge on any atom is -0.300 e. The van der Waals surface area contributed by atoms with Crippen molar-refractivity contribution in [3.63, 3.8) is 0 Å². The number of nitrogens with one attached hydrogen (secondary N) is 1. The number of para-hydroxylation sites is 1. The van der Waals surface area contributed by atoms with E-state index in [2.05, 4.69) is 10.3 Å². The Morgan fingerprint density at radius 3 is 2.50 bits per heavy atom. The van der Waals surface area contributed by atoms with Gasteiger partial charge in [-0.3, -0.25) is 19.3 Å². The molecule has 1 aromatic heterocycles. The highest BCUT2D eigenvalue weighted by Crippen LogP contribution is 2.37. The summed E-state index contributed by atoms with van der Waals surface area (Å²) in [5, 5.41) is 3.19. The number of rotatable bonds is 3. The lowest BCUT2D eigenvalue weighted by Gasteiger charge is -2.19. The number of imide groups is 1. The molecule has 1 saturated heterocycles. The van der Waals surface area contributed by atoms with Gasteiger partial charge in [0.1, 0.15) is 6.54 Å². The van der Waals surface area contributed by atoms with Crippen molar-refractivity contribution in [1.82, 2.24) is 9.88 Å². The van der Waals surface area contributed by atoms with E-state index < -0.39 is 0 Å². The monoisotopic (exact) mass is 343 g/mol. The van der Waals surface area contributed by atoms with E-state index in [-0.39, 0.29) is 36.1 Å². The van der Waals surface area contributed by atoms with Crippen molar-refractivity contribution in [3.05, 3.63) is 24.3 Å². The normalized spacial score (nSPS) is 23.6. The summed E-state index contributed by atoms with van der Waals surface area (Å²) in [4.78, 5) is 42.5. The maximum atomic E-state index is 12.4. The van der Waals surface area contributed by atoms with Crippen molar-refractivity contribution >= 4 is 44.4 Å². The molecule has 2 atom stereocenters. The van der Waals surface area contributed by atoms with E-state index in [0.717, 1.165) is 40.8 Å². The van der Waals surface area contributed by atoms with E-state index in [9.17, 15) is 14.4 Å². The molecule has 24 heavy (non-hydrogen) atoms. The quantitative estimate of drug-likeness (QED) is 0.868. The van der Waals surface area contributed by atoms with Crippen LogP contribution >= 0.6 is 11.3 Å². The molecule has 3 amide bonds. The molecule has 0 spiro atoms. The summed E-state index contributed by atoms with van der Waals surface area (Å²) in [6, 6.07) is 7.60. The molecule has 7 heteroatoms. The Morgan fingerprint density at radius 2 is 1.83 bits per heavy atom. The van der Waals surface area contributed by atoms with Crippen molar-refractivity contribution in [2.24, 2.45) is 11.8 Å². The highest BCUT2D eigenvalue weighted by Gasteiger charge is 2.48. The largest absolute Gasteiger partial charge is 0.300 e. The number of hydrogen-bond donors (Lipinski definition) is 1.